The number of carbonyl (C=O) groups excluding carboxylic acids is 1. The lowest BCUT2D eigenvalue weighted by Gasteiger charge is -2.08. The van der Waals surface area contributed by atoms with E-state index in [1.54, 1.807) is 6.92 Å². The first-order chi connectivity index (χ1) is 14.6. The molecule has 0 radical (unpaired) electrons. The van der Waals surface area contributed by atoms with E-state index in [2.05, 4.69) is 5.32 Å². The molecule has 0 spiro atoms. The summed E-state index contributed by atoms with van der Waals surface area (Å²) < 4.78 is 17.1. The number of benzene rings is 3. The third kappa shape index (κ3) is 4.30. The molecule has 152 valence electrons. The van der Waals surface area contributed by atoms with Crippen LogP contribution in [-0.4, -0.2) is 12.5 Å². The van der Waals surface area contributed by atoms with Crippen LogP contribution in [0.15, 0.2) is 77.2 Å². The number of nitrogens with one attached hydrogen (secondary N) is 1. The van der Waals surface area contributed by atoms with Gasteiger partial charge in [-0.2, -0.15) is 0 Å². The molecule has 0 aliphatic rings. The molecule has 0 atom stereocenters. The minimum absolute atomic E-state index is 0.226. The van der Waals surface area contributed by atoms with Crippen molar-refractivity contribution in [2.24, 2.45) is 0 Å². The first-order valence-electron chi connectivity index (χ1n) is 9.88. The number of furan rings is 1. The number of fused-ring (bicyclic) bond motifs is 1. The lowest BCUT2D eigenvalue weighted by Crippen LogP contribution is -2.12. The zero-order valence-corrected chi connectivity index (χ0v) is 17.0. The topological polar surface area (TPSA) is 60.7 Å². The second kappa shape index (κ2) is 8.74. The Morgan fingerprint density at radius 3 is 2.40 bits per heavy atom. The van der Waals surface area contributed by atoms with Gasteiger partial charge in [0.05, 0.1) is 12.2 Å². The molecule has 1 aromatic heterocycles. The Kier molecular flexibility index (Phi) is 5.70. The van der Waals surface area contributed by atoms with Crippen molar-refractivity contribution in [1.82, 2.24) is 0 Å². The van der Waals surface area contributed by atoms with Gasteiger partial charge in [0.25, 0.3) is 5.91 Å². The predicted octanol–water partition coefficient (Wildman–Crippen LogP) is 5.97. The summed E-state index contributed by atoms with van der Waals surface area (Å²) >= 11 is 0. The molecule has 3 aromatic carbocycles. The lowest BCUT2D eigenvalue weighted by molar-refractivity contribution is 0.102. The number of anilines is 1. The molecule has 4 aromatic rings. The third-order valence-electron chi connectivity index (χ3n) is 4.73. The molecule has 1 amide bonds. The molecule has 1 heterocycles. The van der Waals surface area contributed by atoms with Gasteiger partial charge in [0.2, 0.25) is 0 Å². The molecule has 0 aliphatic heterocycles. The number of amides is 1. The number of hydrogen-bond donors (Lipinski definition) is 1. The molecule has 0 unspecified atom stereocenters. The monoisotopic (exact) mass is 401 g/mol. The molecular weight excluding hydrogens is 378 g/mol. The van der Waals surface area contributed by atoms with Crippen molar-refractivity contribution >= 4 is 22.6 Å². The normalized spacial score (nSPS) is 10.7. The third-order valence-corrected chi connectivity index (χ3v) is 4.73. The molecule has 5 heteroatoms. The maximum Gasteiger partial charge on any atom is 0.259 e. The number of hydrogen-bond acceptors (Lipinski definition) is 4. The van der Waals surface area contributed by atoms with E-state index in [-0.39, 0.29) is 5.91 Å². The molecule has 5 nitrogen and oxygen atoms in total. The van der Waals surface area contributed by atoms with Crippen LogP contribution in [-0.2, 0) is 6.61 Å². The van der Waals surface area contributed by atoms with Crippen molar-refractivity contribution in [2.45, 2.75) is 20.5 Å². The summed E-state index contributed by atoms with van der Waals surface area (Å²) in [6.45, 7) is 4.77. The first-order valence-corrected chi connectivity index (χ1v) is 9.88. The van der Waals surface area contributed by atoms with Gasteiger partial charge < -0.3 is 19.2 Å². The molecule has 0 saturated heterocycles. The highest BCUT2D eigenvalue weighted by Gasteiger charge is 2.19. The Hall–Kier alpha value is -3.73. The summed E-state index contributed by atoms with van der Waals surface area (Å²) in [5, 5.41) is 3.65. The molecule has 1 N–H and O–H groups in total. The Balaban J connectivity index is 1.55. The minimum atomic E-state index is -0.226. The fourth-order valence-electron chi connectivity index (χ4n) is 3.31. The van der Waals surface area contributed by atoms with Gasteiger partial charge in [-0.15, -0.1) is 0 Å². The molecule has 0 saturated carbocycles. The van der Waals surface area contributed by atoms with E-state index >= 15 is 0 Å². The Morgan fingerprint density at radius 1 is 0.933 bits per heavy atom. The zero-order chi connectivity index (χ0) is 20.9. The quantitative estimate of drug-likeness (QED) is 0.414. The minimum Gasteiger partial charge on any atom is -0.494 e. The van der Waals surface area contributed by atoms with Crippen molar-refractivity contribution in [3.05, 3.63) is 89.7 Å². The molecular formula is C25H23NO4. The Labute approximate surface area is 175 Å². The van der Waals surface area contributed by atoms with Crippen molar-refractivity contribution < 1.29 is 18.7 Å². The zero-order valence-electron chi connectivity index (χ0n) is 17.0. The van der Waals surface area contributed by atoms with Gasteiger partial charge in [0.1, 0.15) is 29.4 Å². The van der Waals surface area contributed by atoms with Gasteiger partial charge in [-0.3, -0.25) is 4.79 Å². The van der Waals surface area contributed by atoms with E-state index in [0.29, 0.717) is 41.6 Å². The second-order valence-electron chi connectivity index (χ2n) is 6.88. The highest BCUT2D eigenvalue weighted by atomic mass is 16.5. The predicted molar refractivity (Wildman–Crippen MR) is 117 cm³/mol. The van der Waals surface area contributed by atoms with Gasteiger partial charge in [0.15, 0.2) is 0 Å². The molecule has 0 fully saturated rings. The van der Waals surface area contributed by atoms with Gasteiger partial charge in [-0.25, -0.2) is 0 Å². The maximum atomic E-state index is 13.0. The van der Waals surface area contributed by atoms with Crippen LogP contribution in [0.1, 0.15) is 28.6 Å². The van der Waals surface area contributed by atoms with Crippen LogP contribution in [0.4, 0.5) is 5.69 Å². The van der Waals surface area contributed by atoms with Crippen molar-refractivity contribution in [1.29, 1.82) is 0 Å². The highest BCUT2D eigenvalue weighted by Crippen LogP contribution is 2.30. The van der Waals surface area contributed by atoms with Gasteiger partial charge in [-0.1, -0.05) is 30.3 Å². The SMILES string of the molecule is CCOc1ccc(NC(=O)c2c(C)oc3ccc(OCc4ccccc4)cc23)cc1. The van der Waals surface area contributed by atoms with Crippen LogP contribution in [0.2, 0.25) is 0 Å². The molecule has 0 aliphatic carbocycles. The molecule has 4 rings (SSSR count). The van der Waals surface area contributed by atoms with E-state index in [0.717, 1.165) is 16.7 Å². The number of carbonyl (C=O) groups is 1. The average molecular weight is 401 g/mol. The molecule has 30 heavy (non-hydrogen) atoms. The largest absolute Gasteiger partial charge is 0.494 e. The standard InChI is InChI=1S/C25H23NO4/c1-3-28-20-11-9-19(10-12-20)26-25(27)24-17(2)30-23-14-13-21(15-22(23)24)29-16-18-7-5-4-6-8-18/h4-15H,3,16H2,1-2H3,(H,26,27). The van der Waals surface area contributed by atoms with E-state index in [4.69, 9.17) is 13.9 Å². The maximum absolute atomic E-state index is 13.0. The summed E-state index contributed by atoms with van der Waals surface area (Å²) in [4.78, 5) is 13.0. The van der Waals surface area contributed by atoms with Crippen molar-refractivity contribution in [3.8, 4) is 11.5 Å². The summed E-state index contributed by atoms with van der Waals surface area (Å²) in [7, 11) is 0. The van der Waals surface area contributed by atoms with Crippen LogP contribution < -0.4 is 14.8 Å². The van der Waals surface area contributed by atoms with Gasteiger partial charge in [-0.05, 0) is 61.9 Å². The highest BCUT2D eigenvalue weighted by molar-refractivity contribution is 6.13. The van der Waals surface area contributed by atoms with Crippen LogP contribution in [0.25, 0.3) is 11.0 Å². The number of ether oxygens (including phenoxy) is 2. The number of aryl methyl sites for hydroxylation is 1. The smallest absolute Gasteiger partial charge is 0.259 e. The van der Waals surface area contributed by atoms with Crippen LogP contribution in [0.3, 0.4) is 0 Å². The van der Waals surface area contributed by atoms with Gasteiger partial charge in [0, 0.05) is 11.1 Å². The van der Waals surface area contributed by atoms with E-state index < -0.39 is 0 Å². The number of rotatable bonds is 7. The van der Waals surface area contributed by atoms with E-state index in [1.165, 1.54) is 0 Å². The average Bonchev–Trinajstić information content (AvgIpc) is 3.09. The Bertz CT molecular complexity index is 1150. The molecule has 0 bridgehead atoms. The first kappa shape index (κ1) is 19.6. The fraction of sp³-hybridized carbons (Fsp3) is 0.160. The Morgan fingerprint density at radius 2 is 1.67 bits per heavy atom. The van der Waals surface area contributed by atoms with Gasteiger partial charge >= 0.3 is 0 Å². The summed E-state index contributed by atoms with van der Waals surface area (Å²) in [5.41, 5.74) is 2.92. The summed E-state index contributed by atoms with van der Waals surface area (Å²) in [6, 6.07) is 22.8. The van der Waals surface area contributed by atoms with Crippen molar-refractivity contribution in [2.75, 3.05) is 11.9 Å². The second-order valence-corrected chi connectivity index (χ2v) is 6.88. The van der Waals surface area contributed by atoms with Crippen LogP contribution >= 0.6 is 0 Å². The lowest BCUT2D eigenvalue weighted by atomic mass is 10.1. The summed E-state index contributed by atoms with van der Waals surface area (Å²) in [5.74, 6) is 1.78. The van der Waals surface area contributed by atoms with Crippen LogP contribution in [0.5, 0.6) is 11.5 Å². The van der Waals surface area contributed by atoms with Crippen LogP contribution in [0, 0.1) is 6.92 Å². The van der Waals surface area contributed by atoms with Crippen molar-refractivity contribution in [3.63, 3.8) is 0 Å². The van der Waals surface area contributed by atoms with E-state index in [1.807, 2.05) is 79.7 Å². The van der Waals surface area contributed by atoms with E-state index in [9.17, 15) is 4.79 Å². The summed E-state index contributed by atoms with van der Waals surface area (Å²) in [6.07, 6.45) is 0. The fourth-order valence-corrected chi connectivity index (χ4v) is 3.31.